The number of rotatable bonds is 9. The van der Waals surface area contributed by atoms with Gasteiger partial charge in [0.05, 0.1) is 31.3 Å². The molecule has 0 saturated carbocycles. The lowest BCUT2D eigenvalue weighted by molar-refractivity contribution is 0.0736. The third-order valence-corrected chi connectivity index (χ3v) is 4.88. The Labute approximate surface area is 127 Å². The van der Waals surface area contributed by atoms with E-state index in [1.165, 1.54) is 6.07 Å². The minimum atomic E-state index is -3.60. The Morgan fingerprint density at radius 1 is 1.30 bits per heavy atom. The lowest BCUT2D eigenvalue weighted by Crippen LogP contribution is -2.28. The molecular formula is C12H18BrNO5S. The molecule has 0 unspecified atom stereocenters. The van der Waals surface area contributed by atoms with Crippen molar-refractivity contribution in [2.75, 3.05) is 33.5 Å². The van der Waals surface area contributed by atoms with Crippen LogP contribution < -0.4 is 4.72 Å². The predicted molar refractivity (Wildman–Crippen MR) is 77.9 cm³/mol. The first kappa shape index (κ1) is 17.5. The quantitative estimate of drug-likeness (QED) is 0.633. The lowest BCUT2D eigenvalue weighted by Gasteiger charge is -2.09. The summed E-state index contributed by atoms with van der Waals surface area (Å²) in [4.78, 5) is 0.131. The first-order valence-corrected chi connectivity index (χ1v) is 8.24. The number of hydrogen-bond donors (Lipinski definition) is 2. The van der Waals surface area contributed by atoms with Gasteiger partial charge in [-0.3, -0.25) is 0 Å². The minimum Gasteiger partial charge on any atom is -0.392 e. The number of benzene rings is 1. The monoisotopic (exact) mass is 367 g/mol. The van der Waals surface area contributed by atoms with Crippen LogP contribution >= 0.6 is 15.9 Å². The number of aliphatic hydroxyl groups is 1. The Hall–Kier alpha value is -0.510. The minimum absolute atomic E-state index is 0.131. The normalized spacial score (nSPS) is 11.8. The molecule has 0 spiro atoms. The van der Waals surface area contributed by atoms with Crippen LogP contribution in [0.5, 0.6) is 0 Å². The Balaban J connectivity index is 2.56. The van der Waals surface area contributed by atoms with E-state index in [4.69, 9.17) is 14.6 Å². The summed E-state index contributed by atoms with van der Waals surface area (Å²) in [6.45, 7) is 1.21. The van der Waals surface area contributed by atoms with Crippen molar-refractivity contribution in [2.45, 2.75) is 11.5 Å². The summed E-state index contributed by atoms with van der Waals surface area (Å²) in [5.41, 5.74) is 0.638. The van der Waals surface area contributed by atoms with E-state index in [0.29, 0.717) is 23.2 Å². The van der Waals surface area contributed by atoms with Crippen LogP contribution in [0.25, 0.3) is 0 Å². The molecule has 1 aromatic rings. The van der Waals surface area contributed by atoms with Gasteiger partial charge < -0.3 is 14.6 Å². The summed E-state index contributed by atoms with van der Waals surface area (Å²) >= 11 is 3.19. The molecule has 1 aromatic carbocycles. The molecular weight excluding hydrogens is 350 g/mol. The SMILES string of the molecule is COCCOCCNS(=O)(=O)c1ccc(CO)cc1Br. The molecule has 114 valence electrons. The van der Waals surface area contributed by atoms with Crippen molar-refractivity contribution < 1.29 is 23.0 Å². The number of ether oxygens (including phenoxy) is 2. The first-order chi connectivity index (χ1) is 9.51. The zero-order chi connectivity index (χ0) is 15.0. The fourth-order valence-corrected chi connectivity index (χ4v) is 3.57. The maximum atomic E-state index is 12.1. The topological polar surface area (TPSA) is 84.9 Å². The molecule has 0 radical (unpaired) electrons. The van der Waals surface area contributed by atoms with Gasteiger partial charge in [-0.2, -0.15) is 0 Å². The van der Waals surface area contributed by atoms with Crippen molar-refractivity contribution in [1.29, 1.82) is 0 Å². The average molecular weight is 368 g/mol. The van der Waals surface area contributed by atoms with Gasteiger partial charge in [0.15, 0.2) is 0 Å². The van der Waals surface area contributed by atoms with Gasteiger partial charge in [-0.15, -0.1) is 0 Å². The van der Waals surface area contributed by atoms with Crippen molar-refractivity contribution in [3.8, 4) is 0 Å². The molecule has 0 bridgehead atoms. The van der Waals surface area contributed by atoms with Gasteiger partial charge in [-0.1, -0.05) is 6.07 Å². The van der Waals surface area contributed by atoms with Crippen LogP contribution in [0.2, 0.25) is 0 Å². The largest absolute Gasteiger partial charge is 0.392 e. The maximum Gasteiger partial charge on any atom is 0.241 e. The highest BCUT2D eigenvalue weighted by atomic mass is 79.9. The van der Waals surface area contributed by atoms with E-state index in [0.717, 1.165) is 0 Å². The number of sulfonamides is 1. The zero-order valence-electron chi connectivity index (χ0n) is 11.1. The van der Waals surface area contributed by atoms with Crippen LogP contribution in [0.3, 0.4) is 0 Å². The van der Waals surface area contributed by atoms with Crippen LogP contribution in [-0.4, -0.2) is 47.0 Å². The number of nitrogens with one attached hydrogen (secondary N) is 1. The van der Waals surface area contributed by atoms with E-state index in [-0.39, 0.29) is 24.7 Å². The van der Waals surface area contributed by atoms with Crippen molar-refractivity contribution in [3.05, 3.63) is 28.2 Å². The van der Waals surface area contributed by atoms with E-state index in [1.807, 2.05) is 0 Å². The van der Waals surface area contributed by atoms with Crippen LogP contribution in [0.1, 0.15) is 5.56 Å². The van der Waals surface area contributed by atoms with E-state index >= 15 is 0 Å². The second-order valence-corrected chi connectivity index (χ2v) is 6.52. The molecule has 20 heavy (non-hydrogen) atoms. The van der Waals surface area contributed by atoms with Crippen molar-refractivity contribution in [3.63, 3.8) is 0 Å². The van der Waals surface area contributed by atoms with Crippen LogP contribution in [0.15, 0.2) is 27.6 Å². The van der Waals surface area contributed by atoms with E-state index < -0.39 is 10.0 Å². The summed E-state index contributed by atoms with van der Waals surface area (Å²) in [6, 6.07) is 4.59. The summed E-state index contributed by atoms with van der Waals surface area (Å²) in [5, 5.41) is 8.99. The summed E-state index contributed by atoms with van der Waals surface area (Å²) in [5.74, 6) is 0. The molecule has 0 saturated heterocycles. The maximum absolute atomic E-state index is 12.1. The Bertz CT molecular complexity index is 521. The Morgan fingerprint density at radius 2 is 2.05 bits per heavy atom. The molecule has 0 heterocycles. The Kier molecular flexibility index (Phi) is 7.63. The van der Waals surface area contributed by atoms with Crippen molar-refractivity contribution >= 4 is 26.0 Å². The second-order valence-electron chi connectivity index (χ2n) is 3.93. The summed E-state index contributed by atoms with van der Waals surface area (Å²) in [6.07, 6.45) is 0. The third kappa shape index (κ3) is 5.47. The Morgan fingerprint density at radius 3 is 2.65 bits per heavy atom. The van der Waals surface area contributed by atoms with Gasteiger partial charge in [0.2, 0.25) is 10.0 Å². The zero-order valence-corrected chi connectivity index (χ0v) is 13.5. The van der Waals surface area contributed by atoms with Gasteiger partial charge in [0, 0.05) is 18.1 Å². The molecule has 1 rings (SSSR count). The highest BCUT2D eigenvalue weighted by Crippen LogP contribution is 2.23. The van der Waals surface area contributed by atoms with Gasteiger partial charge in [-0.25, -0.2) is 13.1 Å². The number of hydrogen-bond acceptors (Lipinski definition) is 5. The van der Waals surface area contributed by atoms with Crippen molar-refractivity contribution in [2.24, 2.45) is 0 Å². The molecule has 0 aliphatic heterocycles. The van der Waals surface area contributed by atoms with Gasteiger partial charge in [-0.05, 0) is 33.6 Å². The average Bonchev–Trinajstić information content (AvgIpc) is 2.42. The second kappa shape index (κ2) is 8.71. The van der Waals surface area contributed by atoms with E-state index in [2.05, 4.69) is 20.7 Å². The third-order valence-electron chi connectivity index (χ3n) is 2.44. The van der Waals surface area contributed by atoms with Gasteiger partial charge >= 0.3 is 0 Å². The summed E-state index contributed by atoms with van der Waals surface area (Å²) in [7, 11) is -2.03. The molecule has 2 N–H and O–H groups in total. The molecule has 6 nitrogen and oxygen atoms in total. The predicted octanol–water partition coefficient (Wildman–Crippen LogP) is 0.883. The van der Waals surface area contributed by atoms with Gasteiger partial charge in [0.25, 0.3) is 0 Å². The number of aliphatic hydroxyl groups excluding tert-OH is 1. The molecule has 0 aliphatic rings. The smallest absolute Gasteiger partial charge is 0.241 e. The highest BCUT2D eigenvalue weighted by molar-refractivity contribution is 9.10. The lowest BCUT2D eigenvalue weighted by atomic mass is 10.2. The van der Waals surface area contributed by atoms with E-state index in [9.17, 15) is 8.42 Å². The van der Waals surface area contributed by atoms with Crippen LogP contribution in [0.4, 0.5) is 0 Å². The fourth-order valence-electron chi connectivity index (χ4n) is 1.43. The van der Waals surface area contributed by atoms with E-state index in [1.54, 1.807) is 19.2 Å². The summed E-state index contributed by atoms with van der Waals surface area (Å²) < 4.78 is 37.0. The number of halogens is 1. The number of methoxy groups -OCH3 is 1. The molecule has 8 heteroatoms. The van der Waals surface area contributed by atoms with Crippen LogP contribution in [-0.2, 0) is 26.1 Å². The molecule has 0 aromatic heterocycles. The van der Waals surface area contributed by atoms with Crippen molar-refractivity contribution in [1.82, 2.24) is 4.72 Å². The standard InChI is InChI=1S/C12H18BrNO5S/c1-18-6-7-19-5-4-14-20(16,17)12-3-2-10(9-15)8-11(12)13/h2-3,8,14-15H,4-7,9H2,1H3. The molecule has 0 fully saturated rings. The first-order valence-electron chi connectivity index (χ1n) is 5.97. The van der Waals surface area contributed by atoms with Crippen LogP contribution in [0, 0.1) is 0 Å². The fraction of sp³-hybridized carbons (Fsp3) is 0.500. The highest BCUT2D eigenvalue weighted by Gasteiger charge is 2.17. The molecule has 0 atom stereocenters. The molecule has 0 amide bonds. The van der Waals surface area contributed by atoms with Gasteiger partial charge in [0.1, 0.15) is 0 Å². The molecule has 0 aliphatic carbocycles.